The molecule has 1 aromatic carbocycles. The Bertz CT molecular complexity index is 419. The molecule has 4 heteroatoms. The fourth-order valence-electron chi connectivity index (χ4n) is 2.61. The first-order valence-electron chi connectivity index (χ1n) is 6.56. The van der Waals surface area contributed by atoms with E-state index in [4.69, 9.17) is 5.84 Å². The van der Waals surface area contributed by atoms with Gasteiger partial charge >= 0.3 is 0 Å². The summed E-state index contributed by atoms with van der Waals surface area (Å²) in [5, 5.41) is 0. The van der Waals surface area contributed by atoms with E-state index in [0.717, 1.165) is 25.8 Å². The number of rotatable bonds is 5. The summed E-state index contributed by atoms with van der Waals surface area (Å²) >= 11 is 0. The Morgan fingerprint density at radius 3 is 3.00 bits per heavy atom. The molecule has 4 nitrogen and oxygen atoms in total. The van der Waals surface area contributed by atoms with Crippen molar-refractivity contribution in [3.05, 3.63) is 29.8 Å². The Morgan fingerprint density at radius 1 is 1.44 bits per heavy atom. The van der Waals surface area contributed by atoms with Gasteiger partial charge in [0.1, 0.15) is 0 Å². The number of unbranched alkanes of at least 4 members (excludes halogenated alkanes) is 1. The van der Waals surface area contributed by atoms with Crippen LogP contribution in [-0.2, 0) is 11.2 Å². The molecule has 0 radical (unpaired) electrons. The van der Waals surface area contributed by atoms with Gasteiger partial charge in [0.2, 0.25) is 5.91 Å². The number of hydrazine groups is 1. The van der Waals surface area contributed by atoms with Crippen molar-refractivity contribution >= 4 is 11.6 Å². The third-order valence-corrected chi connectivity index (χ3v) is 3.56. The SMILES string of the molecule is CC1Cc2ccccc2N1CCCCC(=O)NN. The Morgan fingerprint density at radius 2 is 2.22 bits per heavy atom. The van der Waals surface area contributed by atoms with E-state index in [1.807, 2.05) is 0 Å². The van der Waals surface area contributed by atoms with Crippen LogP contribution in [0, 0.1) is 0 Å². The number of carbonyl (C=O) groups is 1. The number of anilines is 1. The first-order valence-corrected chi connectivity index (χ1v) is 6.56. The lowest BCUT2D eigenvalue weighted by Crippen LogP contribution is -2.31. The monoisotopic (exact) mass is 247 g/mol. The maximum absolute atomic E-state index is 11.0. The number of carbonyl (C=O) groups excluding carboxylic acids is 1. The average Bonchev–Trinajstić information content (AvgIpc) is 2.70. The van der Waals surface area contributed by atoms with Crippen LogP contribution in [-0.4, -0.2) is 18.5 Å². The zero-order chi connectivity index (χ0) is 13.0. The van der Waals surface area contributed by atoms with Gasteiger partial charge in [0, 0.05) is 24.7 Å². The van der Waals surface area contributed by atoms with Crippen molar-refractivity contribution in [1.29, 1.82) is 0 Å². The lowest BCUT2D eigenvalue weighted by atomic mass is 10.1. The number of hydrogen-bond donors (Lipinski definition) is 2. The summed E-state index contributed by atoms with van der Waals surface area (Å²) in [6, 6.07) is 9.14. The van der Waals surface area contributed by atoms with Gasteiger partial charge in [-0.2, -0.15) is 0 Å². The van der Waals surface area contributed by atoms with Gasteiger partial charge in [0.15, 0.2) is 0 Å². The zero-order valence-electron chi connectivity index (χ0n) is 10.9. The number of para-hydroxylation sites is 1. The van der Waals surface area contributed by atoms with E-state index in [-0.39, 0.29) is 5.91 Å². The first-order chi connectivity index (χ1) is 8.72. The van der Waals surface area contributed by atoms with E-state index in [1.165, 1.54) is 11.3 Å². The normalized spacial score (nSPS) is 17.7. The van der Waals surface area contributed by atoms with Crippen LogP contribution in [0.5, 0.6) is 0 Å². The molecule has 0 saturated carbocycles. The van der Waals surface area contributed by atoms with Crippen molar-refractivity contribution in [2.45, 2.75) is 38.6 Å². The van der Waals surface area contributed by atoms with Gasteiger partial charge in [0.25, 0.3) is 0 Å². The number of amides is 1. The van der Waals surface area contributed by atoms with E-state index in [9.17, 15) is 4.79 Å². The van der Waals surface area contributed by atoms with Crippen LogP contribution in [0.15, 0.2) is 24.3 Å². The number of nitrogens with one attached hydrogen (secondary N) is 1. The topological polar surface area (TPSA) is 58.4 Å². The summed E-state index contributed by atoms with van der Waals surface area (Å²) in [7, 11) is 0. The number of nitrogens with zero attached hydrogens (tertiary/aromatic N) is 1. The standard InChI is InChI=1S/C14H21N3O/c1-11-10-12-6-2-3-7-13(12)17(11)9-5-4-8-14(18)16-15/h2-3,6-7,11H,4-5,8-10,15H2,1H3,(H,16,18). The highest BCUT2D eigenvalue weighted by Gasteiger charge is 2.24. The molecular weight excluding hydrogens is 226 g/mol. The second kappa shape index (κ2) is 5.87. The van der Waals surface area contributed by atoms with Gasteiger partial charge in [-0.3, -0.25) is 10.2 Å². The fourth-order valence-corrected chi connectivity index (χ4v) is 2.61. The largest absolute Gasteiger partial charge is 0.368 e. The van der Waals surface area contributed by atoms with Crippen molar-refractivity contribution in [2.24, 2.45) is 5.84 Å². The van der Waals surface area contributed by atoms with E-state index in [2.05, 4.69) is 41.5 Å². The second-order valence-corrected chi connectivity index (χ2v) is 4.90. The van der Waals surface area contributed by atoms with Crippen LogP contribution < -0.4 is 16.2 Å². The molecule has 98 valence electrons. The van der Waals surface area contributed by atoms with Crippen LogP contribution in [0.1, 0.15) is 31.7 Å². The van der Waals surface area contributed by atoms with Gasteiger partial charge in [0.05, 0.1) is 0 Å². The van der Waals surface area contributed by atoms with Crippen LogP contribution >= 0.6 is 0 Å². The molecule has 0 aliphatic carbocycles. The van der Waals surface area contributed by atoms with Crippen molar-refractivity contribution < 1.29 is 4.79 Å². The molecule has 0 saturated heterocycles. The second-order valence-electron chi connectivity index (χ2n) is 4.90. The smallest absolute Gasteiger partial charge is 0.233 e. The Kier molecular flexibility index (Phi) is 4.20. The number of nitrogens with two attached hydrogens (primary N) is 1. The van der Waals surface area contributed by atoms with Crippen molar-refractivity contribution in [1.82, 2.24) is 5.43 Å². The van der Waals surface area contributed by atoms with Gasteiger partial charge in [-0.05, 0) is 37.8 Å². The van der Waals surface area contributed by atoms with Crippen molar-refractivity contribution in [3.63, 3.8) is 0 Å². The first kappa shape index (κ1) is 12.9. The average molecular weight is 247 g/mol. The summed E-state index contributed by atoms with van der Waals surface area (Å²) in [6.45, 7) is 3.27. The van der Waals surface area contributed by atoms with E-state index < -0.39 is 0 Å². The maximum Gasteiger partial charge on any atom is 0.233 e. The van der Waals surface area contributed by atoms with Crippen molar-refractivity contribution in [3.8, 4) is 0 Å². The minimum absolute atomic E-state index is 0.0788. The highest BCUT2D eigenvalue weighted by Crippen LogP contribution is 2.31. The van der Waals surface area contributed by atoms with E-state index in [0.29, 0.717) is 12.5 Å². The Balaban J connectivity index is 1.85. The van der Waals surface area contributed by atoms with Crippen LogP contribution in [0.2, 0.25) is 0 Å². The molecule has 1 unspecified atom stereocenters. The highest BCUT2D eigenvalue weighted by molar-refractivity contribution is 5.75. The highest BCUT2D eigenvalue weighted by atomic mass is 16.2. The molecule has 1 aliphatic rings. The summed E-state index contributed by atoms with van der Waals surface area (Å²) < 4.78 is 0. The summed E-state index contributed by atoms with van der Waals surface area (Å²) in [4.78, 5) is 13.5. The number of hydrogen-bond acceptors (Lipinski definition) is 3. The number of benzene rings is 1. The molecule has 0 spiro atoms. The molecule has 1 heterocycles. The van der Waals surface area contributed by atoms with Gasteiger partial charge in [-0.25, -0.2) is 5.84 Å². The van der Waals surface area contributed by atoms with Crippen molar-refractivity contribution in [2.75, 3.05) is 11.4 Å². The van der Waals surface area contributed by atoms with Gasteiger partial charge < -0.3 is 4.90 Å². The van der Waals surface area contributed by atoms with Crippen LogP contribution in [0.4, 0.5) is 5.69 Å². The minimum atomic E-state index is -0.0788. The predicted octanol–water partition coefficient (Wildman–Crippen LogP) is 1.60. The predicted molar refractivity (Wildman–Crippen MR) is 73.1 cm³/mol. The molecule has 0 aromatic heterocycles. The van der Waals surface area contributed by atoms with Crippen LogP contribution in [0.25, 0.3) is 0 Å². The molecule has 0 bridgehead atoms. The summed E-state index contributed by atoms with van der Waals surface area (Å²) in [6.07, 6.45) is 3.54. The summed E-state index contributed by atoms with van der Waals surface area (Å²) in [5.74, 6) is 4.97. The zero-order valence-corrected chi connectivity index (χ0v) is 10.9. The molecule has 2 rings (SSSR count). The maximum atomic E-state index is 11.0. The molecule has 0 fully saturated rings. The third kappa shape index (κ3) is 2.82. The van der Waals surface area contributed by atoms with E-state index >= 15 is 0 Å². The van der Waals surface area contributed by atoms with Gasteiger partial charge in [-0.15, -0.1) is 0 Å². The summed E-state index contributed by atoms with van der Waals surface area (Å²) in [5.41, 5.74) is 4.96. The van der Waals surface area contributed by atoms with Crippen LogP contribution in [0.3, 0.4) is 0 Å². The molecule has 3 N–H and O–H groups in total. The lowest BCUT2D eigenvalue weighted by Gasteiger charge is -2.24. The van der Waals surface area contributed by atoms with Gasteiger partial charge in [-0.1, -0.05) is 18.2 Å². The number of fused-ring (bicyclic) bond motifs is 1. The minimum Gasteiger partial charge on any atom is -0.368 e. The lowest BCUT2D eigenvalue weighted by molar-refractivity contribution is -0.121. The Hall–Kier alpha value is -1.55. The molecular formula is C14H21N3O. The Labute approximate surface area is 108 Å². The molecule has 1 aromatic rings. The molecule has 18 heavy (non-hydrogen) atoms. The fraction of sp³-hybridized carbons (Fsp3) is 0.500. The third-order valence-electron chi connectivity index (χ3n) is 3.56. The molecule has 1 atom stereocenters. The van der Waals surface area contributed by atoms with E-state index in [1.54, 1.807) is 0 Å². The quantitative estimate of drug-likeness (QED) is 0.359. The molecule has 1 amide bonds. The molecule has 1 aliphatic heterocycles.